The van der Waals surface area contributed by atoms with E-state index in [1.807, 2.05) is 18.2 Å². The maximum Gasteiger partial charge on any atom is 0.119 e. The summed E-state index contributed by atoms with van der Waals surface area (Å²) in [6.45, 7) is 8.31. The van der Waals surface area contributed by atoms with Crippen molar-refractivity contribution in [3.63, 3.8) is 0 Å². The highest BCUT2D eigenvalue weighted by molar-refractivity contribution is 5.31. The Kier molecular flexibility index (Phi) is 11.9. The molecule has 1 aliphatic rings. The van der Waals surface area contributed by atoms with Crippen LogP contribution < -0.4 is 4.74 Å². The second-order valence-corrected chi connectivity index (χ2v) is 11.0. The van der Waals surface area contributed by atoms with Crippen LogP contribution in [0.2, 0.25) is 0 Å². The number of ether oxygens (including phenoxy) is 1. The summed E-state index contributed by atoms with van der Waals surface area (Å²) in [4.78, 5) is 5.32. The van der Waals surface area contributed by atoms with Gasteiger partial charge in [-0.25, -0.2) is 0 Å². The van der Waals surface area contributed by atoms with Gasteiger partial charge in [0.15, 0.2) is 0 Å². The van der Waals surface area contributed by atoms with Gasteiger partial charge in [-0.1, -0.05) is 93.6 Å². The Bertz CT molecular complexity index is 1110. The van der Waals surface area contributed by atoms with E-state index in [0.717, 1.165) is 37.5 Å². The molecule has 0 spiro atoms. The Morgan fingerprint density at radius 1 is 0.795 bits per heavy atom. The van der Waals surface area contributed by atoms with Crippen molar-refractivity contribution >= 4 is 0 Å². The fourth-order valence-corrected chi connectivity index (χ4v) is 5.54. The molecule has 0 aromatic heterocycles. The summed E-state index contributed by atoms with van der Waals surface area (Å²) in [6.07, 6.45) is 10.4. The molecule has 3 aromatic rings. The van der Waals surface area contributed by atoms with E-state index in [2.05, 4.69) is 83.5 Å². The lowest BCUT2D eigenvalue weighted by molar-refractivity contribution is 0.0972. The van der Waals surface area contributed by atoms with Gasteiger partial charge in [0.2, 0.25) is 0 Å². The third-order valence-electron chi connectivity index (χ3n) is 7.92. The van der Waals surface area contributed by atoms with Gasteiger partial charge in [-0.05, 0) is 79.9 Å². The third-order valence-corrected chi connectivity index (χ3v) is 7.92. The number of nitrogens with zero attached hydrogens (tertiary/aromatic N) is 3. The molecule has 0 aliphatic carbocycles. The van der Waals surface area contributed by atoms with E-state index in [0.29, 0.717) is 12.6 Å². The molecule has 1 saturated heterocycles. The molecule has 0 amide bonds. The summed E-state index contributed by atoms with van der Waals surface area (Å²) in [6, 6.07) is 30.0. The monoisotopic (exact) mass is 523 g/mol. The van der Waals surface area contributed by atoms with Crippen molar-refractivity contribution < 1.29 is 4.74 Å². The van der Waals surface area contributed by atoms with Gasteiger partial charge in [-0.2, -0.15) is 5.26 Å². The minimum atomic E-state index is 0.603. The second kappa shape index (κ2) is 16.1. The Morgan fingerprint density at radius 2 is 1.46 bits per heavy atom. The topological polar surface area (TPSA) is 39.5 Å². The van der Waals surface area contributed by atoms with Gasteiger partial charge < -0.3 is 4.74 Å². The summed E-state index contributed by atoms with van der Waals surface area (Å²) in [5.74, 6) is 0.932. The largest absolute Gasteiger partial charge is 0.489 e. The lowest BCUT2D eigenvalue weighted by Gasteiger charge is -2.39. The average molecular weight is 524 g/mol. The van der Waals surface area contributed by atoms with Crippen molar-refractivity contribution in [2.75, 3.05) is 19.6 Å². The van der Waals surface area contributed by atoms with Crippen LogP contribution >= 0.6 is 0 Å². The van der Waals surface area contributed by atoms with Crippen LogP contribution in [0.25, 0.3) is 0 Å². The molecule has 0 unspecified atom stereocenters. The van der Waals surface area contributed by atoms with E-state index in [9.17, 15) is 0 Å². The van der Waals surface area contributed by atoms with Gasteiger partial charge >= 0.3 is 0 Å². The van der Waals surface area contributed by atoms with E-state index in [1.54, 1.807) is 0 Å². The van der Waals surface area contributed by atoms with Crippen LogP contribution in [0, 0.1) is 11.3 Å². The molecule has 1 aliphatic heterocycles. The number of nitriles is 1. The molecule has 0 radical (unpaired) electrons. The van der Waals surface area contributed by atoms with E-state index in [4.69, 9.17) is 10.00 Å². The highest BCUT2D eigenvalue weighted by Crippen LogP contribution is 2.23. The molecule has 1 heterocycles. The van der Waals surface area contributed by atoms with Gasteiger partial charge in [-0.15, -0.1) is 0 Å². The quantitative estimate of drug-likeness (QED) is 0.189. The summed E-state index contributed by atoms with van der Waals surface area (Å²) >= 11 is 0. The van der Waals surface area contributed by atoms with E-state index < -0.39 is 0 Å². The third kappa shape index (κ3) is 9.84. The molecule has 206 valence electrons. The maximum atomic E-state index is 9.06. The highest BCUT2D eigenvalue weighted by atomic mass is 16.5. The zero-order chi connectivity index (χ0) is 27.1. The molecule has 4 rings (SSSR count). The van der Waals surface area contributed by atoms with Crippen LogP contribution in [0.3, 0.4) is 0 Å². The number of unbranched alkanes of at least 4 members (excludes halogenated alkanes) is 5. The van der Waals surface area contributed by atoms with Gasteiger partial charge in [-0.3, -0.25) is 9.80 Å². The van der Waals surface area contributed by atoms with Crippen molar-refractivity contribution in [2.24, 2.45) is 0 Å². The Labute approximate surface area is 236 Å². The normalized spacial score (nSPS) is 14.4. The fourth-order valence-electron chi connectivity index (χ4n) is 5.54. The van der Waals surface area contributed by atoms with Crippen LogP contribution in [0.5, 0.6) is 5.75 Å². The Balaban J connectivity index is 1.30. The number of benzene rings is 3. The summed E-state index contributed by atoms with van der Waals surface area (Å²) in [5, 5.41) is 9.06. The Hall–Kier alpha value is -3.13. The lowest BCUT2D eigenvalue weighted by atomic mass is 10.0. The molecular weight excluding hydrogens is 478 g/mol. The van der Waals surface area contributed by atoms with Crippen LogP contribution in [0.4, 0.5) is 0 Å². The number of hydrogen-bond acceptors (Lipinski definition) is 4. The first-order valence-electron chi connectivity index (χ1n) is 14.9. The Morgan fingerprint density at radius 3 is 2.15 bits per heavy atom. The van der Waals surface area contributed by atoms with Crippen molar-refractivity contribution in [3.8, 4) is 11.8 Å². The smallest absolute Gasteiger partial charge is 0.119 e. The van der Waals surface area contributed by atoms with Crippen molar-refractivity contribution in [3.05, 3.63) is 101 Å². The number of rotatable bonds is 15. The van der Waals surface area contributed by atoms with Crippen LogP contribution in [0.15, 0.2) is 78.9 Å². The molecule has 0 N–H and O–H groups in total. The first-order valence-corrected chi connectivity index (χ1v) is 14.9. The summed E-state index contributed by atoms with van der Waals surface area (Å²) < 4.78 is 6.02. The zero-order valence-corrected chi connectivity index (χ0v) is 23.7. The van der Waals surface area contributed by atoms with E-state index >= 15 is 0 Å². The maximum absolute atomic E-state index is 9.06. The lowest BCUT2D eigenvalue weighted by Crippen LogP contribution is -2.44. The number of likely N-dealkylation sites (tertiary alicyclic amines) is 1. The minimum Gasteiger partial charge on any atom is -0.489 e. The zero-order valence-electron chi connectivity index (χ0n) is 23.7. The molecule has 0 bridgehead atoms. The van der Waals surface area contributed by atoms with Crippen LogP contribution in [0.1, 0.15) is 80.5 Å². The van der Waals surface area contributed by atoms with Crippen LogP contribution in [-0.2, 0) is 19.7 Å². The van der Waals surface area contributed by atoms with Crippen molar-refractivity contribution in [1.82, 2.24) is 9.80 Å². The highest BCUT2D eigenvalue weighted by Gasteiger charge is 2.24. The van der Waals surface area contributed by atoms with Gasteiger partial charge in [0, 0.05) is 19.1 Å². The van der Waals surface area contributed by atoms with E-state index in [-0.39, 0.29) is 0 Å². The van der Waals surface area contributed by atoms with Gasteiger partial charge in [0.05, 0.1) is 11.6 Å². The van der Waals surface area contributed by atoms with Crippen molar-refractivity contribution in [1.29, 1.82) is 5.26 Å². The fraction of sp³-hybridized carbons (Fsp3) is 0.457. The molecule has 1 fully saturated rings. The number of hydrogen-bond donors (Lipinski definition) is 0. The van der Waals surface area contributed by atoms with Gasteiger partial charge in [0.25, 0.3) is 0 Å². The molecule has 39 heavy (non-hydrogen) atoms. The second-order valence-electron chi connectivity index (χ2n) is 11.0. The standard InChI is InChI=1S/C35H45N3O/c1-2-3-4-5-6-10-23-38(28-32-17-19-35(20-18-32)39-29-33-11-8-7-9-12-33)34-21-24-37(25-22-34)27-31-15-13-30(26-36)14-16-31/h7-9,11-20,34H,2-6,10,21-25,27-29H2,1H3. The molecule has 0 atom stereocenters. The molecule has 4 heteroatoms. The number of piperidine rings is 1. The minimum absolute atomic E-state index is 0.603. The average Bonchev–Trinajstić information content (AvgIpc) is 2.99. The molecule has 3 aromatic carbocycles. The SMILES string of the molecule is CCCCCCCCN(Cc1ccc(OCc2ccccc2)cc1)C1CCN(Cc2ccc(C#N)cc2)CC1. The van der Waals surface area contributed by atoms with Crippen molar-refractivity contribution in [2.45, 2.75) is 84.0 Å². The molecular formula is C35H45N3O. The van der Waals surface area contributed by atoms with E-state index in [1.165, 1.54) is 74.6 Å². The van der Waals surface area contributed by atoms with Crippen LogP contribution in [-0.4, -0.2) is 35.5 Å². The predicted molar refractivity (Wildman–Crippen MR) is 160 cm³/mol. The summed E-state index contributed by atoms with van der Waals surface area (Å²) in [5.41, 5.74) is 4.59. The molecule has 4 nitrogen and oxygen atoms in total. The first-order chi connectivity index (χ1) is 19.2. The summed E-state index contributed by atoms with van der Waals surface area (Å²) in [7, 11) is 0. The molecule has 0 saturated carbocycles. The predicted octanol–water partition coefficient (Wildman–Crippen LogP) is 7.96. The first kappa shape index (κ1) is 28.9. The van der Waals surface area contributed by atoms with Gasteiger partial charge in [0.1, 0.15) is 12.4 Å².